The van der Waals surface area contributed by atoms with E-state index in [4.69, 9.17) is 9.29 Å². The van der Waals surface area contributed by atoms with Gasteiger partial charge >= 0.3 is 51.4 Å². The molecule has 7 heteroatoms. The Kier molecular flexibility index (Phi) is 10.4. The van der Waals surface area contributed by atoms with Crippen LogP contribution in [-0.2, 0) is 16.5 Å². The summed E-state index contributed by atoms with van der Waals surface area (Å²) >= 11 is 0. The predicted molar refractivity (Wildman–Crippen MR) is 94.7 cm³/mol. The summed E-state index contributed by atoms with van der Waals surface area (Å²) in [5, 5.41) is 11.8. The summed E-state index contributed by atoms with van der Waals surface area (Å²) in [5.74, 6) is 0.0228. The van der Waals surface area contributed by atoms with Crippen molar-refractivity contribution in [2.24, 2.45) is 0 Å². The molecule has 0 aliphatic heterocycles. The van der Waals surface area contributed by atoms with Crippen molar-refractivity contribution in [2.75, 3.05) is 0 Å². The molecule has 0 saturated heterocycles. The SMILES string of the molecule is CCCCCCCc1cccc(Oc2ccc(S(=O)(=O)O)c([O-])c2)c1.[K+]. The first-order valence-electron chi connectivity index (χ1n) is 8.45. The zero-order valence-electron chi connectivity index (χ0n) is 15.3. The molecule has 136 valence electrons. The number of ether oxygens (including phenoxy) is 1. The molecule has 0 aliphatic carbocycles. The van der Waals surface area contributed by atoms with Gasteiger partial charge in [0.2, 0.25) is 0 Å². The van der Waals surface area contributed by atoms with E-state index >= 15 is 0 Å². The molecular weight excluding hydrogens is 379 g/mol. The third-order valence-corrected chi connectivity index (χ3v) is 4.79. The van der Waals surface area contributed by atoms with E-state index in [1.54, 1.807) is 6.07 Å². The first-order chi connectivity index (χ1) is 11.9. The fourth-order valence-electron chi connectivity index (χ4n) is 2.60. The Morgan fingerprint density at radius 2 is 1.69 bits per heavy atom. The molecule has 5 nitrogen and oxygen atoms in total. The van der Waals surface area contributed by atoms with E-state index in [-0.39, 0.29) is 57.1 Å². The third-order valence-electron chi connectivity index (χ3n) is 3.90. The fraction of sp³-hybridized carbons (Fsp3) is 0.368. The van der Waals surface area contributed by atoms with Crippen LogP contribution in [0.25, 0.3) is 0 Å². The van der Waals surface area contributed by atoms with Gasteiger partial charge in [-0.2, -0.15) is 8.42 Å². The number of rotatable bonds is 9. The molecule has 0 bridgehead atoms. The summed E-state index contributed by atoms with van der Waals surface area (Å²) in [5.41, 5.74) is 1.16. The van der Waals surface area contributed by atoms with Crippen LogP contribution in [0.2, 0.25) is 0 Å². The van der Waals surface area contributed by atoms with Crippen molar-refractivity contribution in [1.29, 1.82) is 0 Å². The molecule has 0 heterocycles. The van der Waals surface area contributed by atoms with Crippen LogP contribution < -0.4 is 61.2 Å². The molecular formula is C19H23KO5S. The quantitative estimate of drug-likeness (QED) is 0.388. The van der Waals surface area contributed by atoms with Crippen molar-refractivity contribution in [3.8, 4) is 17.2 Å². The summed E-state index contributed by atoms with van der Waals surface area (Å²) in [4.78, 5) is -0.652. The van der Waals surface area contributed by atoms with Gasteiger partial charge in [0.25, 0.3) is 10.1 Å². The average Bonchev–Trinajstić information content (AvgIpc) is 2.54. The van der Waals surface area contributed by atoms with Gasteiger partial charge in [-0.15, -0.1) is 0 Å². The second-order valence-corrected chi connectivity index (χ2v) is 7.39. The first-order valence-corrected chi connectivity index (χ1v) is 9.89. The Labute approximate surface area is 198 Å². The monoisotopic (exact) mass is 402 g/mol. The van der Waals surface area contributed by atoms with Gasteiger partial charge in [-0.05, 0) is 48.7 Å². The third kappa shape index (κ3) is 7.68. The molecule has 0 fully saturated rings. The van der Waals surface area contributed by atoms with Crippen molar-refractivity contribution < 1.29 is 74.2 Å². The molecule has 0 unspecified atom stereocenters. The van der Waals surface area contributed by atoms with Crippen LogP contribution in [0.15, 0.2) is 47.4 Å². The molecule has 0 spiro atoms. The van der Waals surface area contributed by atoms with Crippen LogP contribution in [0.1, 0.15) is 44.6 Å². The summed E-state index contributed by atoms with van der Waals surface area (Å²) in [7, 11) is -4.52. The van der Waals surface area contributed by atoms with Crippen molar-refractivity contribution >= 4 is 10.1 Å². The van der Waals surface area contributed by atoms with E-state index in [0.29, 0.717) is 5.75 Å². The maximum atomic E-state index is 11.8. The van der Waals surface area contributed by atoms with Gasteiger partial charge in [0, 0.05) is 0 Å². The van der Waals surface area contributed by atoms with E-state index in [0.717, 1.165) is 30.5 Å². The van der Waals surface area contributed by atoms with Gasteiger partial charge in [-0.1, -0.05) is 50.5 Å². The van der Waals surface area contributed by atoms with Crippen molar-refractivity contribution in [3.63, 3.8) is 0 Å². The molecule has 0 atom stereocenters. The van der Waals surface area contributed by atoms with Gasteiger partial charge < -0.3 is 9.84 Å². The topological polar surface area (TPSA) is 86.7 Å². The van der Waals surface area contributed by atoms with Crippen LogP contribution in [0, 0.1) is 0 Å². The molecule has 2 aromatic carbocycles. The predicted octanol–water partition coefficient (Wildman–Crippen LogP) is 1.32. The molecule has 0 aliphatic rings. The largest absolute Gasteiger partial charge is 1.00 e. The van der Waals surface area contributed by atoms with E-state index in [1.807, 2.05) is 18.2 Å². The van der Waals surface area contributed by atoms with Gasteiger partial charge in [0.05, 0.1) is 4.90 Å². The minimum absolute atomic E-state index is 0. The zero-order chi connectivity index (χ0) is 18.3. The zero-order valence-corrected chi connectivity index (χ0v) is 19.2. The number of benzene rings is 2. The summed E-state index contributed by atoms with van der Waals surface area (Å²) in [6.07, 6.45) is 7.03. The molecule has 2 aromatic rings. The second-order valence-electron chi connectivity index (χ2n) is 6.00. The smallest absolute Gasteiger partial charge is 0.871 e. The maximum absolute atomic E-state index is 11.8. The van der Waals surface area contributed by atoms with Crippen LogP contribution in [0.4, 0.5) is 0 Å². The van der Waals surface area contributed by atoms with Crippen molar-refractivity contribution in [1.82, 2.24) is 0 Å². The van der Waals surface area contributed by atoms with Crippen LogP contribution in [0.3, 0.4) is 0 Å². The Hall–Kier alpha value is -0.414. The average molecular weight is 403 g/mol. The second kappa shape index (κ2) is 11.4. The molecule has 2 rings (SSSR count). The van der Waals surface area contributed by atoms with Gasteiger partial charge in [-0.3, -0.25) is 4.55 Å². The van der Waals surface area contributed by atoms with Crippen LogP contribution >= 0.6 is 0 Å². The molecule has 26 heavy (non-hydrogen) atoms. The summed E-state index contributed by atoms with van der Waals surface area (Å²) in [6.45, 7) is 2.19. The van der Waals surface area contributed by atoms with Gasteiger partial charge in [-0.25, -0.2) is 0 Å². The van der Waals surface area contributed by atoms with Crippen LogP contribution in [0.5, 0.6) is 17.2 Å². The van der Waals surface area contributed by atoms with E-state index in [1.165, 1.54) is 31.7 Å². The van der Waals surface area contributed by atoms with Gasteiger partial charge in [0.1, 0.15) is 11.5 Å². The Balaban J connectivity index is 0.00000338. The molecule has 0 saturated carbocycles. The molecule has 0 amide bonds. The maximum Gasteiger partial charge on any atom is 1.00 e. The Morgan fingerprint density at radius 3 is 2.35 bits per heavy atom. The molecule has 1 N–H and O–H groups in total. The van der Waals surface area contributed by atoms with E-state index < -0.39 is 20.8 Å². The minimum Gasteiger partial charge on any atom is -0.871 e. The number of aryl methyl sites for hydroxylation is 1. The molecule has 0 aromatic heterocycles. The standard InChI is InChI=1S/C19H24O5S.K/c1-2-3-4-5-6-8-15-9-7-10-16(13-15)24-17-11-12-19(18(20)14-17)25(21,22)23;/h7,9-14,20H,2-6,8H2,1H3,(H,21,22,23);/q;+1/p-1. The van der Waals surface area contributed by atoms with E-state index in [2.05, 4.69) is 6.92 Å². The van der Waals surface area contributed by atoms with Crippen LogP contribution in [-0.4, -0.2) is 13.0 Å². The van der Waals surface area contributed by atoms with E-state index in [9.17, 15) is 13.5 Å². The van der Waals surface area contributed by atoms with Gasteiger partial charge in [0.15, 0.2) is 0 Å². The summed E-state index contributed by atoms with van der Waals surface area (Å²) < 4.78 is 36.7. The number of hydrogen-bond acceptors (Lipinski definition) is 4. The fourth-order valence-corrected chi connectivity index (χ4v) is 3.15. The van der Waals surface area contributed by atoms with Crippen molar-refractivity contribution in [3.05, 3.63) is 48.0 Å². The first kappa shape index (κ1) is 23.6. The number of hydrogen-bond donors (Lipinski definition) is 1. The minimum atomic E-state index is -4.52. The Bertz CT molecular complexity index is 805. The van der Waals surface area contributed by atoms with Crippen molar-refractivity contribution in [2.45, 2.75) is 50.3 Å². The normalized spacial score (nSPS) is 11.0. The summed E-state index contributed by atoms with van der Waals surface area (Å²) in [6, 6.07) is 11.1. The number of unbranched alkanes of at least 4 members (excludes halogenated alkanes) is 4. The molecule has 0 radical (unpaired) electrons. The Morgan fingerprint density at radius 1 is 1.00 bits per heavy atom.